The summed E-state index contributed by atoms with van der Waals surface area (Å²) in [5.74, 6) is -0.0811. The van der Waals surface area contributed by atoms with Gasteiger partial charge in [-0.15, -0.1) is 0 Å². The number of hydrogen-bond donors (Lipinski definition) is 1. The van der Waals surface area contributed by atoms with Crippen LogP contribution in [0.2, 0.25) is 5.02 Å². The van der Waals surface area contributed by atoms with Gasteiger partial charge < -0.3 is 9.47 Å². The second-order valence-electron chi connectivity index (χ2n) is 4.77. The lowest BCUT2D eigenvalue weighted by Gasteiger charge is -2.11. The third kappa shape index (κ3) is 4.05. The van der Waals surface area contributed by atoms with Crippen molar-refractivity contribution >= 4 is 27.6 Å². The second-order valence-corrected chi connectivity index (χ2v) is 6.92. The van der Waals surface area contributed by atoms with E-state index in [1.807, 2.05) is 0 Å². The topological polar surface area (TPSA) is 81.7 Å². The van der Waals surface area contributed by atoms with Crippen molar-refractivity contribution in [1.82, 2.24) is 4.72 Å². The quantitative estimate of drug-likeness (QED) is 0.791. The Kier molecular flexibility index (Phi) is 5.82. The number of halogens is 1. The van der Waals surface area contributed by atoms with E-state index in [4.69, 9.17) is 16.3 Å². The normalized spacial score (nSPS) is 11.1. The molecule has 0 saturated heterocycles. The predicted molar refractivity (Wildman–Crippen MR) is 89.8 cm³/mol. The van der Waals surface area contributed by atoms with Gasteiger partial charge in [-0.05, 0) is 24.3 Å². The number of esters is 1. The molecule has 2 aromatic rings. The number of methoxy groups -OCH3 is 2. The van der Waals surface area contributed by atoms with Crippen molar-refractivity contribution in [1.29, 1.82) is 0 Å². The number of carbonyl (C=O) groups excluding carboxylic acids is 1. The first-order valence-electron chi connectivity index (χ1n) is 6.88. The number of nitrogens with one attached hydrogen (secondary N) is 1. The van der Waals surface area contributed by atoms with E-state index < -0.39 is 16.0 Å². The summed E-state index contributed by atoms with van der Waals surface area (Å²) in [4.78, 5) is 11.4. The van der Waals surface area contributed by atoms with E-state index in [1.165, 1.54) is 32.4 Å². The molecule has 0 atom stereocenters. The van der Waals surface area contributed by atoms with Crippen molar-refractivity contribution in [3.8, 4) is 5.75 Å². The van der Waals surface area contributed by atoms with Gasteiger partial charge in [0, 0.05) is 12.1 Å². The molecule has 0 aromatic heterocycles. The molecule has 8 heteroatoms. The highest BCUT2D eigenvalue weighted by Crippen LogP contribution is 2.24. The molecule has 0 unspecified atom stereocenters. The number of para-hydroxylation sites is 1. The van der Waals surface area contributed by atoms with Crippen LogP contribution in [0.4, 0.5) is 0 Å². The zero-order valence-corrected chi connectivity index (χ0v) is 14.6. The molecule has 0 aliphatic carbocycles. The maximum Gasteiger partial charge on any atom is 0.337 e. The molecule has 0 saturated carbocycles. The van der Waals surface area contributed by atoms with Crippen molar-refractivity contribution in [3.05, 3.63) is 58.6 Å². The van der Waals surface area contributed by atoms with E-state index in [0.717, 1.165) is 0 Å². The van der Waals surface area contributed by atoms with Crippen LogP contribution in [-0.4, -0.2) is 28.6 Å². The minimum atomic E-state index is -3.92. The van der Waals surface area contributed by atoms with Gasteiger partial charge in [0.2, 0.25) is 10.0 Å². The van der Waals surface area contributed by atoms with Crippen molar-refractivity contribution in [2.24, 2.45) is 0 Å². The van der Waals surface area contributed by atoms with Gasteiger partial charge >= 0.3 is 5.97 Å². The zero-order valence-electron chi connectivity index (χ0n) is 13.1. The monoisotopic (exact) mass is 369 g/mol. The standard InChI is InChI=1S/C16H16ClNO5S/c1-22-14-6-4-3-5-12(14)10-18-24(20,21)15-9-11(16(19)23-2)7-8-13(15)17/h3-9,18H,10H2,1-2H3. The SMILES string of the molecule is COC(=O)c1ccc(Cl)c(S(=O)(=O)NCc2ccccc2OC)c1. The lowest BCUT2D eigenvalue weighted by atomic mass is 10.2. The molecule has 0 radical (unpaired) electrons. The van der Waals surface area contributed by atoms with Crippen molar-refractivity contribution in [2.45, 2.75) is 11.4 Å². The van der Waals surface area contributed by atoms with Gasteiger partial charge in [0.05, 0.1) is 24.8 Å². The largest absolute Gasteiger partial charge is 0.496 e. The van der Waals surface area contributed by atoms with Crippen LogP contribution >= 0.6 is 11.6 Å². The fourth-order valence-electron chi connectivity index (χ4n) is 2.05. The third-order valence-corrected chi connectivity index (χ3v) is 5.17. The minimum absolute atomic E-state index is 0.00943. The maximum absolute atomic E-state index is 12.5. The molecule has 0 aliphatic rings. The predicted octanol–water partition coefficient (Wildman–Crippen LogP) is 2.61. The average molecular weight is 370 g/mol. The molecule has 6 nitrogen and oxygen atoms in total. The Morgan fingerprint density at radius 3 is 2.54 bits per heavy atom. The lowest BCUT2D eigenvalue weighted by Crippen LogP contribution is -2.24. The van der Waals surface area contributed by atoms with E-state index in [2.05, 4.69) is 9.46 Å². The van der Waals surface area contributed by atoms with Crippen molar-refractivity contribution in [3.63, 3.8) is 0 Å². The van der Waals surface area contributed by atoms with Crippen LogP contribution in [0.25, 0.3) is 0 Å². The summed E-state index contributed by atoms with van der Waals surface area (Å²) in [7, 11) is -1.21. The lowest BCUT2D eigenvalue weighted by molar-refractivity contribution is 0.0600. The number of rotatable bonds is 6. The average Bonchev–Trinajstić information content (AvgIpc) is 2.59. The molecular weight excluding hydrogens is 354 g/mol. The smallest absolute Gasteiger partial charge is 0.337 e. The van der Waals surface area contributed by atoms with Crippen LogP contribution in [0.15, 0.2) is 47.4 Å². The Balaban J connectivity index is 2.29. The molecule has 0 bridgehead atoms. The van der Waals surface area contributed by atoms with Crippen LogP contribution in [0, 0.1) is 0 Å². The Morgan fingerprint density at radius 1 is 1.17 bits per heavy atom. The maximum atomic E-state index is 12.5. The van der Waals surface area contributed by atoms with Gasteiger partial charge in [-0.3, -0.25) is 0 Å². The molecule has 128 valence electrons. The van der Waals surface area contributed by atoms with E-state index >= 15 is 0 Å². The van der Waals surface area contributed by atoms with E-state index in [0.29, 0.717) is 11.3 Å². The Labute approximate surface area is 145 Å². The highest BCUT2D eigenvalue weighted by molar-refractivity contribution is 7.89. The molecule has 0 heterocycles. The summed E-state index contributed by atoms with van der Waals surface area (Å²) in [6.45, 7) is 0.0190. The number of benzene rings is 2. The number of ether oxygens (including phenoxy) is 2. The zero-order chi connectivity index (χ0) is 17.7. The summed E-state index contributed by atoms with van der Waals surface area (Å²) in [6.07, 6.45) is 0. The minimum Gasteiger partial charge on any atom is -0.496 e. The summed E-state index contributed by atoms with van der Waals surface area (Å²) in [6, 6.07) is 10.9. The van der Waals surface area contributed by atoms with E-state index in [1.54, 1.807) is 24.3 Å². The molecule has 0 amide bonds. The summed E-state index contributed by atoms with van der Waals surface area (Å²) >= 11 is 5.97. The van der Waals surface area contributed by atoms with Crippen LogP contribution in [0.5, 0.6) is 5.75 Å². The number of hydrogen-bond acceptors (Lipinski definition) is 5. The Hall–Kier alpha value is -2.09. The van der Waals surface area contributed by atoms with E-state index in [9.17, 15) is 13.2 Å². The third-order valence-electron chi connectivity index (χ3n) is 3.29. The summed E-state index contributed by atoms with van der Waals surface area (Å²) < 4.78 is 37.2. The molecule has 0 spiro atoms. The summed E-state index contributed by atoms with van der Waals surface area (Å²) in [5.41, 5.74) is 0.767. The van der Waals surface area contributed by atoms with Gasteiger partial charge in [0.15, 0.2) is 0 Å². The first-order chi connectivity index (χ1) is 11.4. The van der Waals surface area contributed by atoms with Gasteiger partial charge in [-0.25, -0.2) is 17.9 Å². The molecular formula is C16H16ClNO5S. The van der Waals surface area contributed by atoms with Gasteiger partial charge in [-0.2, -0.15) is 0 Å². The van der Waals surface area contributed by atoms with Crippen LogP contribution < -0.4 is 9.46 Å². The van der Waals surface area contributed by atoms with Gasteiger partial charge in [-0.1, -0.05) is 29.8 Å². The molecule has 1 N–H and O–H groups in total. The molecule has 0 aliphatic heterocycles. The highest BCUT2D eigenvalue weighted by atomic mass is 35.5. The molecule has 24 heavy (non-hydrogen) atoms. The van der Waals surface area contributed by atoms with E-state index in [-0.39, 0.29) is 22.0 Å². The Bertz CT molecular complexity index is 851. The fourth-order valence-corrected chi connectivity index (χ4v) is 3.58. The Morgan fingerprint density at radius 2 is 1.88 bits per heavy atom. The number of sulfonamides is 1. The van der Waals surface area contributed by atoms with Crippen LogP contribution in [0.3, 0.4) is 0 Å². The van der Waals surface area contributed by atoms with Crippen molar-refractivity contribution < 1.29 is 22.7 Å². The van der Waals surface area contributed by atoms with Crippen molar-refractivity contribution in [2.75, 3.05) is 14.2 Å². The van der Waals surface area contributed by atoms with Crippen LogP contribution in [0.1, 0.15) is 15.9 Å². The van der Waals surface area contributed by atoms with Gasteiger partial charge in [0.1, 0.15) is 10.6 Å². The number of carbonyl (C=O) groups is 1. The molecule has 2 aromatic carbocycles. The molecule has 2 rings (SSSR count). The molecule has 0 fully saturated rings. The van der Waals surface area contributed by atoms with Crippen LogP contribution in [-0.2, 0) is 21.3 Å². The fraction of sp³-hybridized carbons (Fsp3) is 0.188. The summed E-state index contributed by atoms with van der Waals surface area (Å²) in [5, 5.41) is 0.00943. The first-order valence-corrected chi connectivity index (χ1v) is 8.74. The first kappa shape index (κ1) is 18.3. The highest BCUT2D eigenvalue weighted by Gasteiger charge is 2.20. The second kappa shape index (κ2) is 7.65. The van der Waals surface area contributed by atoms with Gasteiger partial charge in [0.25, 0.3) is 0 Å².